The third kappa shape index (κ3) is 1.26. The molecule has 0 aromatic heterocycles. The fraction of sp³-hybridized carbons (Fsp3) is 1.00. The summed E-state index contributed by atoms with van der Waals surface area (Å²) in [4.78, 5) is 0. The third-order valence-electron chi connectivity index (χ3n) is 2.24. The quantitative estimate of drug-likeness (QED) is 0.496. The van der Waals surface area contributed by atoms with Gasteiger partial charge in [0.25, 0.3) is 0 Å². The molecular formula is C7H13O2Si. The molecule has 1 radical (unpaired) electrons. The van der Waals surface area contributed by atoms with Crippen molar-refractivity contribution in [3.8, 4) is 0 Å². The minimum Gasteiger partial charge on any atom is -0.393 e. The van der Waals surface area contributed by atoms with Gasteiger partial charge in [-0.05, 0) is 19.3 Å². The first-order valence-corrected chi connectivity index (χ1v) is 5.48. The van der Waals surface area contributed by atoms with Crippen molar-refractivity contribution in [1.29, 1.82) is 0 Å². The fourth-order valence-electron chi connectivity index (χ4n) is 1.62. The summed E-state index contributed by atoms with van der Waals surface area (Å²) in [6.07, 6.45) is 5.21. The van der Waals surface area contributed by atoms with Crippen molar-refractivity contribution in [3.63, 3.8) is 0 Å². The van der Waals surface area contributed by atoms with Gasteiger partial charge in [0.05, 0.1) is 0 Å². The maximum Gasteiger partial charge on any atom is 0.388 e. The molecule has 2 saturated heterocycles. The summed E-state index contributed by atoms with van der Waals surface area (Å²) in [5.74, 6) is 0. The Morgan fingerprint density at radius 3 is 2.90 bits per heavy atom. The van der Waals surface area contributed by atoms with Crippen LogP contribution in [0.4, 0.5) is 0 Å². The van der Waals surface area contributed by atoms with Crippen LogP contribution in [0.25, 0.3) is 0 Å². The van der Waals surface area contributed by atoms with Crippen LogP contribution in [0, 0.1) is 0 Å². The summed E-state index contributed by atoms with van der Waals surface area (Å²) in [7, 11) is -0.790. The standard InChI is InChI=1S/C7H13O2Si/c1-2-5-8-10-7(3-1)4-6-9-10/h7H,1-6H2. The predicted octanol–water partition coefficient (Wildman–Crippen LogP) is 1.47. The highest BCUT2D eigenvalue weighted by molar-refractivity contribution is 6.47. The number of hydrogen-bond donors (Lipinski definition) is 0. The van der Waals surface area contributed by atoms with Crippen LogP contribution in [-0.4, -0.2) is 22.5 Å². The molecule has 0 amide bonds. The van der Waals surface area contributed by atoms with E-state index in [1.54, 1.807) is 0 Å². The highest BCUT2D eigenvalue weighted by Crippen LogP contribution is 2.31. The van der Waals surface area contributed by atoms with Crippen LogP contribution in [0.2, 0.25) is 5.54 Å². The molecule has 0 aromatic carbocycles. The molecule has 2 fully saturated rings. The Morgan fingerprint density at radius 1 is 1.00 bits per heavy atom. The summed E-state index contributed by atoms with van der Waals surface area (Å²) in [5, 5.41) is 0. The van der Waals surface area contributed by atoms with Gasteiger partial charge in [-0.3, -0.25) is 0 Å². The number of fused-ring (bicyclic) bond motifs is 1. The lowest BCUT2D eigenvalue weighted by atomic mass is 10.1. The second-order valence-electron chi connectivity index (χ2n) is 3.00. The Morgan fingerprint density at radius 2 is 1.90 bits per heavy atom. The first-order chi connectivity index (χ1) is 4.97. The van der Waals surface area contributed by atoms with Crippen LogP contribution in [0.3, 0.4) is 0 Å². The Hall–Kier alpha value is 0.137. The Kier molecular flexibility index (Phi) is 2.07. The maximum atomic E-state index is 5.61. The van der Waals surface area contributed by atoms with Crippen LogP contribution in [0.5, 0.6) is 0 Å². The third-order valence-corrected chi connectivity index (χ3v) is 4.46. The largest absolute Gasteiger partial charge is 0.393 e. The molecule has 2 rings (SSSR count). The molecule has 2 aliphatic heterocycles. The van der Waals surface area contributed by atoms with E-state index in [4.69, 9.17) is 8.85 Å². The molecule has 10 heavy (non-hydrogen) atoms. The lowest BCUT2D eigenvalue weighted by Gasteiger charge is -2.08. The summed E-state index contributed by atoms with van der Waals surface area (Å²) in [6, 6.07) is 0. The molecule has 0 saturated carbocycles. The summed E-state index contributed by atoms with van der Waals surface area (Å²) < 4.78 is 11.1. The molecule has 0 spiro atoms. The molecular weight excluding hydrogens is 144 g/mol. The van der Waals surface area contributed by atoms with E-state index in [-0.39, 0.29) is 0 Å². The van der Waals surface area contributed by atoms with Crippen molar-refractivity contribution < 1.29 is 8.85 Å². The summed E-state index contributed by atoms with van der Waals surface area (Å²) in [6.45, 7) is 1.91. The van der Waals surface area contributed by atoms with Gasteiger partial charge < -0.3 is 8.85 Å². The molecule has 2 heterocycles. The second-order valence-corrected chi connectivity index (χ2v) is 5.03. The van der Waals surface area contributed by atoms with Gasteiger partial charge in [0.2, 0.25) is 0 Å². The van der Waals surface area contributed by atoms with Crippen molar-refractivity contribution in [2.24, 2.45) is 0 Å². The van der Waals surface area contributed by atoms with Gasteiger partial charge >= 0.3 is 9.28 Å². The van der Waals surface area contributed by atoms with Crippen molar-refractivity contribution in [1.82, 2.24) is 0 Å². The van der Waals surface area contributed by atoms with E-state index in [0.29, 0.717) is 0 Å². The Labute approximate surface area is 63.4 Å². The van der Waals surface area contributed by atoms with Crippen LogP contribution in [0.15, 0.2) is 0 Å². The molecule has 0 aliphatic carbocycles. The lowest BCUT2D eigenvalue weighted by molar-refractivity contribution is 0.225. The van der Waals surface area contributed by atoms with Crippen molar-refractivity contribution in [2.75, 3.05) is 13.2 Å². The monoisotopic (exact) mass is 157 g/mol. The van der Waals surface area contributed by atoms with Crippen molar-refractivity contribution in [3.05, 3.63) is 0 Å². The van der Waals surface area contributed by atoms with E-state index in [0.717, 1.165) is 18.8 Å². The molecule has 1 unspecified atom stereocenters. The zero-order valence-corrected chi connectivity index (χ0v) is 7.14. The highest BCUT2D eigenvalue weighted by Gasteiger charge is 2.34. The first kappa shape index (κ1) is 6.82. The van der Waals surface area contributed by atoms with E-state index < -0.39 is 9.28 Å². The SMILES string of the molecule is C1CCC2CCO[Si]2OC1. The zero-order chi connectivity index (χ0) is 6.81. The minimum atomic E-state index is -0.790. The average molecular weight is 157 g/mol. The normalized spacial score (nSPS) is 35.4. The minimum absolute atomic E-state index is 0.790. The molecule has 0 bridgehead atoms. The topological polar surface area (TPSA) is 18.5 Å². The second kappa shape index (κ2) is 3.03. The van der Waals surface area contributed by atoms with E-state index in [1.807, 2.05) is 0 Å². The van der Waals surface area contributed by atoms with Crippen molar-refractivity contribution in [2.45, 2.75) is 31.2 Å². The van der Waals surface area contributed by atoms with Gasteiger partial charge in [0.1, 0.15) is 0 Å². The lowest BCUT2D eigenvalue weighted by Crippen LogP contribution is -2.20. The van der Waals surface area contributed by atoms with Crippen LogP contribution in [0.1, 0.15) is 25.7 Å². The van der Waals surface area contributed by atoms with Gasteiger partial charge in [0, 0.05) is 18.8 Å². The Balaban J connectivity index is 1.95. The van der Waals surface area contributed by atoms with E-state index in [2.05, 4.69) is 0 Å². The average Bonchev–Trinajstić information content (AvgIpc) is 2.28. The zero-order valence-electron chi connectivity index (χ0n) is 6.14. The van der Waals surface area contributed by atoms with Gasteiger partial charge in [-0.2, -0.15) is 0 Å². The molecule has 1 atom stereocenters. The van der Waals surface area contributed by atoms with Crippen LogP contribution < -0.4 is 0 Å². The van der Waals surface area contributed by atoms with E-state index in [1.165, 1.54) is 25.7 Å². The molecule has 0 aromatic rings. The number of hydrogen-bond acceptors (Lipinski definition) is 2. The maximum absolute atomic E-state index is 5.61. The molecule has 57 valence electrons. The molecule has 0 N–H and O–H groups in total. The molecule has 2 nitrogen and oxygen atoms in total. The predicted molar refractivity (Wildman–Crippen MR) is 39.9 cm³/mol. The smallest absolute Gasteiger partial charge is 0.388 e. The summed E-state index contributed by atoms with van der Waals surface area (Å²) >= 11 is 0. The van der Waals surface area contributed by atoms with Gasteiger partial charge in [-0.15, -0.1) is 0 Å². The van der Waals surface area contributed by atoms with E-state index in [9.17, 15) is 0 Å². The highest BCUT2D eigenvalue weighted by atomic mass is 28.3. The van der Waals surface area contributed by atoms with Crippen LogP contribution >= 0.6 is 0 Å². The molecule has 2 aliphatic rings. The number of rotatable bonds is 0. The fourth-order valence-corrected chi connectivity index (χ4v) is 3.64. The van der Waals surface area contributed by atoms with Gasteiger partial charge in [0.15, 0.2) is 0 Å². The van der Waals surface area contributed by atoms with Gasteiger partial charge in [-0.1, -0.05) is 6.42 Å². The van der Waals surface area contributed by atoms with Crippen molar-refractivity contribution >= 4 is 9.28 Å². The summed E-state index contributed by atoms with van der Waals surface area (Å²) in [5.41, 5.74) is 0.812. The van der Waals surface area contributed by atoms with Gasteiger partial charge in [-0.25, -0.2) is 0 Å². The van der Waals surface area contributed by atoms with E-state index >= 15 is 0 Å². The molecule has 3 heteroatoms. The Bertz CT molecular complexity index is 106. The first-order valence-electron chi connectivity index (χ1n) is 4.09. The van der Waals surface area contributed by atoms with Crippen LogP contribution in [-0.2, 0) is 8.85 Å².